The summed E-state index contributed by atoms with van der Waals surface area (Å²) in [5.41, 5.74) is 0. The zero-order valence-corrected chi connectivity index (χ0v) is 13.2. The summed E-state index contributed by atoms with van der Waals surface area (Å²) in [6.45, 7) is 11.9. The molecule has 0 aromatic rings. The molecule has 2 aliphatic rings. The second-order valence-corrected chi connectivity index (χ2v) is 6.83. The predicted molar refractivity (Wildman–Crippen MR) is 82.7 cm³/mol. The molecule has 0 spiro atoms. The molecule has 4 nitrogen and oxygen atoms in total. The highest BCUT2D eigenvalue weighted by molar-refractivity contribution is 5.76. The Bertz CT molecular complexity index is 292. The minimum atomic E-state index is 0.375. The van der Waals surface area contributed by atoms with Crippen LogP contribution in [0.15, 0.2) is 0 Å². The van der Waals surface area contributed by atoms with Gasteiger partial charge in [-0.15, -0.1) is 0 Å². The number of piperidine rings is 1. The van der Waals surface area contributed by atoms with Gasteiger partial charge in [0.1, 0.15) is 0 Å². The van der Waals surface area contributed by atoms with Crippen molar-refractivity contribution in [2.75, 3.05) is 45.8 Å². The largest absolute Gasteiger partial charge is 0.340 e. The van der Waals surface area contributed by atoms with Crippen LogP contribution in [0.25, 0.3) is 0 Å². The Hall–Kier alpha value is -0.610. The van der Waals surface area contributed by atoms with Crippen LogP contribution in [-0.2, 0) is 4.79 Å². The Kier molecular flexibility index (Phi) is 6.30. The Morgan fingerprint density at radius 2 is 2.00 bits per heavy atom. The summed E-state index contributed by atoms with van der Waals surface area (Å²) in [7, 11) is 0. The zero-order valence-electron chi connectivity index (χ0n) is 13.2. The van der Waals surface area contributed by atoms with Gasteiger partial charge in [-0.25, -0.2) is 0 Å². The maximum Gasteiger partial charge on any atom is 0.222 e. The summed E-state index contributed by atoms with van der Waals surface area (Å²) in [6.07, 6.45) is 4.38. The van der Waals surface area contributed by atoms with Gasteiger partial charge in [0.15, 0.2) is 0 Å². The Morgan fingerprint density at radius 3 is 2.60 bits per heavy atom. The molecule has 1 atom stereocenters. The van der Waals surface area contributed by atoms with Gasteiger partial charge in [-0.2, -0.15) is 0 Å². The van der Waals surface area contributed by atoms with Crippen LogP contribution < -0.4 is 5.32 Å². The molecular formula is C16H31N3O. The van der Waals surface area contributed by atoms with Crippen molar-refractivity contribution in [3.8, 4) is 0 Å². The van der Waals surface area contributed by atoms with E-state index in [1.165, 1.54) is 12.8 Å². The van der Waals surface area contributed by atoms with Crippen molar-refractivity contribution < 1.29 is 4.79 Å². The molecule has 1 N–H and O–H groups in total. The Morgan fingerprint density at radius 1 is 1.25 bits per heavy atom. The zero-order chi connectivity index (χ0) is 14.4. The first kappa shape index (κ1) is 15.8. The molecular weight excluding hydrogens is 250 g/mol. The number of rotatable bonds is 5. The van der Waals surface area contributed by atoms with E-state index in [4.69, 9.17) is 0 Å². The van der Waals surface area contributed by atoms with Gasteiger partial charge < -0.3 is 10.2 Å². The molecule has 0 aliphatic carbocycles. The molecule has 0 aromatic heterocycles. The van der Waals surface area contributed by atoms with Crippen molar-refractivity contribution in [3.05, 3.63) is 0 Å². The van der Waals surface area contributed by atoms with Crippen molar-refractivity contribution in [1.82, 2.24) is 15.1 Å². The lowest BCUT2D eigenvalue weighted by atomic mass is 9.94. The van der Waals surface area contributed by atoms with Crippen LogP contribution >= 0.6 is 0 Å². The van der Waals surface area contributed by atoms with Crippen LogP contribution in [0.4, 0.5) is 0 Å². The lowest BCUT2D eigenvalue weighted by Crippen LogP contribution is -2.49. The van der Waals surface area contributed by atoms with Gasteiger partial charge >= 0.3 is 0 Å². The summed E-state index contributed by atoms with van der Waals surface area (Å²) < 4.78 is 0. The molecule has 2 fully saturated rings. The van der Waals surface area contributed by atoms with Gasteiger partial charge in [0.25, 0.3) is 0 Å². The third-order valence-electron chi connectivity index (χ3n) is 4.51. The van der Waals surface area contributed by atoms with Gasteiger partial charge in [0.2, 0.25) is 5.91 Å². The minimum absolute atomic E-state index is 0.375. The quantitative estimate of drug-likeness (QED) is 0.831. The van der Waals surface area contributed by atoms with Crippen molar-refractivity contribution in [2.45, 2.75) is 39.5 Å². The molecule has 2 aliphatic heterocycles. The first-order chi connectivity index (χ1) is 9.65. The highest BCUT2D eigenvalue weighted by atomic mass is 16.2. The highest BCUT2D eigenvalue weighted by Gasteiger charge is 2.22. The van der Waals surface area contributed by atoms with Gasteiger partial charge in [-0.3, -0.25) is 9.69 Å². The number of carbonyl (C=O) groups excluding carboxylic acids is 1. The smallest absolute Gasteiger partial charge is 0.222 e. The van der Waals surface area contributed by atoms with E-state index in [2.05, 4.69) is 29.0 Å². The molecule has 20 heavy (non-hydrogen) atoms. The lowest BCUT2D eigenvalue weighted by molar-refractivity contribution is -0.133. The first-order valence-electron chi connectivity index (χ1n) is 8.36. The first-order valence-corrected chi connectivity index (χ1v) is 8.36. The molecule has 1 unspecified atom stereocenters. The molecule has 2 rings (SSSR count). The minimum Gasteiger partial charge on any atom is -0.340 e. The lowest BCUT2D eigenvalue weighted by Gasteiger charge is -2.36. The second kappa shape index (κ2) is 7.99. The number of hydrogen-bond donors (Lipinski definition) is 1. The van der Waals surface area contributed by atoms with E-state index in [0.717, 1.165) is 70.5 Å². The van der Waals surface area contributed by atoms with Gasteiger partial charge in [0.05, 0.1) is 0 Å². The van der Waals surface area contributed by atoms with Crippen LogP contribution in [0.2, 0.25) is 0 Å². The van der Waals surface area contributed by atoms with Crippen molar-refractivity contribution in [1.29, 1.82) is 0 Å². The van der Waals surface area contributed by atoms with E-state index < -0.39 is 0 Å². The SMILES string of the molecule is CC(C)CN1CCN(C(=O)CCC2CCCNC2)CC1. The van der Waals surface area contributed by atoms with E-state index in [9.17, 15) is 4.79 Å². The number of carbonyl (C=O) groups is 1. The van der Waals surface area contributed by atoms with Gasteiger partial charge in [-0.05, 0) is 44.2 Å². The summed E-state index contributed by atoms with van der Waals surface area (Å²) in [4.78, 5) is 16.8. The van der Waals surface area contributed by atoms with Crippen LogP contribution in [0.5, 0.6) is 0 Å². The molecule has 0 aromatic carbocycles. The summed E-state index contributed by atoms with van der Waals surface area (Å²) >= 11 is 0. The third kappa shape index (κ3) is 5.06. The van der Waals surface area contributed by atoms with Crippen molar-refractivity contribution in [3.63, 3.8) is 0 Å². The molecule has 0 radical (unpaired) electrons. The normalized spacial score (nSPS) is 25.1. The standard InChI is InChI=1S/C16H31N3O/c1-14(2)13-18-8-10-19(11-9-18)16(20)6-5-15-4-3-7-17-12-15/h14-15,17H,3-13H2,1-2H3. The molecule has 2 saturated heterocycles. The average molecular weight is 281 g/mol. The van der Waals surface area contributed by atoms with E-state index in [1.807, 2.05) is 0 Å². The second-order valence-electron chi connectivity index (χ2n) is 6.83. The van der Waals surface area contributed by atoms with E-state index in [0.29, 0.717) is 5.91 Å². The summed E-state index contributed by atoms with van der Waals surface area (Å²) in [5.74, 6) is 1.81. The third-order valence-corrected chi connectivity index (χ3v) is 4.51. The molecule has 0 saturated carbocycles. The van der Waals surface area contributed by atoms with Gasteiger partial charge in [-0.1, -0.05) is 13.8 Å². The van der Waals surface area contributed by atoms with Crippen LogP contribution in [0.1, 0.15) is 39.5 Å². The molecule has 116 valence electrons. The number of amides is 1. The fourth-order valence-electron chi connectivity index (χ4n) is 3.35. The molecule has 0 bridgehead atoms. The van der Waals surface area contributed by atoms with Gasteiger partial charge in [0, 0.05) is 39.1 Å². The Labute approximate surface area is 123 Å². The number of nitrogens with one attached hydrogen (secondary N) is 1. The van der Waals surface area contributed by atoms with Crippen molar-refractivity contribution in [2.24, 2.45) is 11.8 Å². The molecule has 1 amide bonds. The maximum atomic E-state index is 12.3. The van der Waals surface area contributed by atoms with E-state index >= 15 is 0 Å². The Balaban J connectivity index is 1.64. The summed E-state index contributed by atoms with van der Waals surface area (Å²) in [5, 5.41) is 3.43. The van der Waals surface area contributed by atoms with Crippen LogP contribution in [0.3, 0.4) is 0 Å². The summed E-state index contributed by atoms with van der Waals surface area (Å²) in [6, 6.07) is 0. The monoisotopic (exact) mass is 281 g/mol. The number of nitrogens with zero attached hydrogens (tertiary/aromatic N) is 2. The highest BCUT2D eigenvalue weighted by Crippen LogP contribution is 2.17. The molecule has 2 heterocycles. The fourth-order valence-corrected chi connectivity index (χ4v) is 3.35. The number of piperazine rings is 1. The molecule has 4 heteroatoms. The van der Waals surface area contributed by atoms with E-state index in [-0.39, 0.29) is 0 Å². The predicted octanol–water partition coefficient (Wildman–Crippen LogP) is 1.57. The van der Waals surface area contributed by atoms with E-state index in [1.54, 1.807) is 0 Å². The number of hydrogen-bond acceptors (Lipinski definition) is 3. The average Bonchev–Trinajstić information content (AvgIpc) is 2.46. The maximum absolute atomic E-state index is 12.3. The van der Waals surface area contributed by atoms with Crippen LogP contribution in [-0.4, -0.2) is 61.5 Å². The van der Waals surface area contributed by atoms with Crippen LogP contribution in [0, 0.1) is 11.8 Å². The van der Waals surface area contributed by atoms with Crippen molar-refractivity contribution >= 4 is 5.91 Å². The fraction of sp³-hybridized carbons (Fsp3) is 0.938. The topological polar surface area (TPSA) is 35.6 Å².